The molecular weight excluding hydrogens is 527 g/mol. The number of likely N-dealkylation sites (N-methyl/N-ethyl adjacent to an activating group) is 1. The molecule has 0 bridgehead atoms. The molecule has 0 saturated heterocycles. The van der Waals surface area contributed by atoms with Crippen molar-refractivity contribution in [3.8, 4) is 5.75 Å². The van der Waals surface area contributed by atoms with Crippen molar-refractivity contribution in [2.24, 2.45) is 17.6 Å². The predicted octanol–water partition coefficient (Wildman–Crippen LogP) is 0.907. The van der Waals surface area contributed by atoms with Gasteiger partial charge in [-0.3, -0.25) is 29.1 Å². The SMILES string of the molecule is CN(C)[C@@H]1C(O)=C(C(N)=O)C(=O)[C@@]2(O)C(O)=C3C(=O)c4c(O)c(NC(=O)c5cccnc5)cc(F)c4C[C@H]3C[C@@H]12. The summed E-state index contributed by atoms with van der Waals surface area (Å²) in [6.07, 6.45) is 2.29. The number of hydrogen-bond acceptors (Lipinski definition) is 10. The number of amides is 2. The Morgan fingerprint density at radius 1 is 1.23 bits per heavy atom. The molecule has 2 amide bonds. The van der Waals surface area contributed by atoms with Crippen LogP contribution in [0.2, 0.25) is 0 Å². The summed E-state index contributed by atoms with van der Waals surface area (Å²) >= 11 is 0. The minimum Gasteiger partial charge on any atom is -0.510 e. The van der Waals surface area contributed by atoms with E-state index in [0.29, 0.717) is 0 Å². The summed E-state index contributed by atoms with van der Waals surface area (Å²) in [4.78, 5) is 56.9. The Morgan fingerprint density at radius 3 is 2.52 bits per heavy atom. The molecule has 0 unspecified atom stereocenters. The number of aromatic nitrogens is 1. The molecule has 4 atom stereocenters. The molecule has 3 aliphatic carbocycles. The van der Waals surface area contributed by atoms with E-state index >= 15 is 4.39 Å². The number of hydrogen-bond donors (Lipinski definition) is 6. The fourth-order valence-corrected chi connectivity index (χ4v) is 6.06. The number of fused-ring (bicyclic) bond motifs is 3. The van der Waals surface area contributed by atoms with Gasteiger partial charge in [0.1, 0.15) is 22.9 Å². The van der Waals surface area contributed by atoms with Crippen molar-refractivity contribution in [3.63, 3.8) is 0 Å². The maximum atomic E-state index is 15.4. The summed E-state index contributed by atoms with van der Waals surface area (Å²) in [5, 5.41) is 47.0. The number of ketones is 2. The molecule has 1 aromatic heterocycles. The third-order valence-corrected chi connectivity index (χ3v) is 7.84. The van der Waals surface area contributed by atoms with Crippen LogP contribution in [0.5, 0.6) is 5.75 Å². The van der Waals surface area contributed by atoms with Gasteiger partial charge in [-0.15, -0.1) is 0 Å². The summed E-state index contributed by atoms with van der Waals surface area (Å²) < 4.78 is 15.4. The quantitative estimate of drug-likeness (QED) is 0.234. The van der Waals surface area contributed by atoms with Gasteiger partial charge in [0.15, 0.2) is 17.1 Å². The molecule has 5 rings (SSSR count). The van der Waals surface area contributed by atoms with E-state index < -0.39 is 92.3 Å². The van der Waals surface area contributed by atoms with Crippen LogP contribution in [0.15, 0.2) is 53.3 Å². The topological polar surface area (TPSA) is 203 Å². The van der Waals surface area contributed by atoms with Crippen molar-refractivity contribution in [1.29, 1.82) is 0 Å². The van der Waals surface area contributed by atoms with E-state index in [2.05, 4.69) is 10.3 Å². The number of aliphatic hydroxyl groups excluding tert-OH is 2. The van der Waals surface area contributed by atoms with Crippen LogP contribution in [0, 0.1) is 17.7 Å². The first kappa shape index (κ1) is 27.0. The van der Waals surface area contributed by atoms with Crippen LogP contribution in [0.1, 0.15) is 32.7 Å². The molecule has 7 N–H and O–H groups in total. The number of carbonyl (C=O) groups excluding carboxylic acids is 4. The molecule has 2 aromatic rings. The summed E-state index contributed by atoms with van der Waals surface area (Å²) in [6, 6.07) is 2.63. The molecule has 1 aromatic carbocycles. The van der Waals surface area contributed by atoms with Gasteiger partial charge >= 0.3 is 0 Å². The van der Waals surface area contributed by atoms with Gasteiger partial charge in [-0.05, 0) is 45.0 Å². The lowest BCUT2D eigenvalue weighted by Gasteiger charge is -2.50. The van der Waals surface area contributed by atoms with Crippen LogP contribution in [0.3, 0.4) is 0 Å². The molecule has 0 aliphatic heterocycles. The Bertz CT molecular complexity index is 1570. The second kappa shape index (κ2) is 9.24. The van der Waals surface area contributed by atoms with E-state index in [0.717, 1.165) is 6.07 Å². The number of pyridine rings is 1. The van der Waals surface area contributed by atoms with Crippen LogP contribution >= 0.6 is 0 Å². The van der Waals surface area contributed by atoms with Crippen molar-refractivity contribution in [1.82, 2.24) is 9.88 Å². The van der Waals surface area contributed by atoms with Gasteiger partial charge in [-0.1, -0.05) is 0 Å². The van der Waals surface area contributed by atoms with Gasteiger partial charge in [0.25, 0.3) is 11.8 Å². The van der Waals surface area contributed by atoms with E-state index in [-0.39, 0.29) is 24.0 Å². The minimum absolute atomic E-state index is 0.0973. The number of phenols is 1. The number of primary amides is 1. The third kappa shape index (κ3) is 3.69. The lowest BCUT2D eigenvalue weighted by atomic mass is 9.58. The van der Waals surface area contributed by atoms with E-state index in [9.17, 15) is 39.6 Å². The Hall–Kier alpha value is -4.62. The molecule has 0 spiro atoms. The first-order valence-corrected chi connectivity index (χ1v) is 12.2. The van der Waals surface area contributed by atoms with Crippen LogP contribution in [-0.2, 0) is 16.0 Å². The van der Waals surface area contributed by atoms with E-state index in [4.69, 9.17) is 5.73 Å². The minimum atomic E-state index is -2.81. The standard InChI is InChI=1S/C27H25FN4O8/c1-32(2)19-13-7-11-6-12-14(28)8-15(31-26(39)10-4-3-5-30-9-10)20(33)17(12)21(34)16(11)23(36)27(13,40)24(37)18(22(19)35)25(29)38/h3-5,8-9,11,13,19,33,35-36,40H,6-7H2,1-2H3,(H2,29,38)(H,31,39)/t11-,13-,19-,27-/m0/s1. The second-order valence-corrected chi connectivity index (χ2v) is 10.3. The maximum absolute atomic E-state index is 15.4. The number of rotatable bonds is 4. The Morgan fingerprint density at radius 2 is 1.93 bits per heavy atom. The first-order valence-electron chi connectivity index (χ1n) is 12.2. The molecule has 3 aliphatic rings. The second-order valence-electron chi connectivity index (χ2n) is 10.3. The number of carbonyl (C=O) groups is 4. The zero-order valence-electron chi connectivity index (χ0n) is 21.3. The number of anilines is 1. The number of phenolic OH excluding ortho intramolecular Hbond substituents is 1. The van der Waals surface area contributed by atoms with Gasteiger partial charge in [-0.25, -0.2) is 4.39 Å². The third-order valence-electron chi connectivity index (χ3n) is 7.84. The molecule has 12 nitrogen and oxygen atoms in total. The largest absolute Gasteiger partial charge is 0.510 e. The molecular formula is C27H25FN4O8. The Kier molecular flexibility index (Phi) is 6.23. The van der Waals surface area contributed by atoms with Gasteiger partial charge in [0.2, 0.25) is 5.78 Å². The highest BCUT2D eigenvalue weighted by molar-refractivity contribution is 6.25. The molecule has 0 fully saturated rings. The fourth-order valence-electron chi connectivity index (χ4n) is 6.06. The van der Waals surface area contributed by atoms with Gasteiger partial charge in [0, 0.05) is 35.5 Å². The maximum Gasteiger partial charge on any atom is 0.257 e. The van der Waals surface area contributed by atoms with E-state index in [1.165, 1.54) is 43.5 Å². The highest BCUT2D eigenvalue weighted by Crippen LogP contribution is 2.53. The molecule has 208 valence electrons. The summed E-state index contributed by atoms with van der Waals surface area (Å²) in [5.74, 6) is -10.1. The van der Waals surface area contributed by atoms with Gasteiger partial charge in [0.05, 0.1) is 22.9 Å². The van der Waals surface area contributed by atoms with Crippen molar-refractivity contribution < 1.29 is 44.0 Å². The van der Waals surface area contributed by atoms with Crippen LogP contribution in [-0.4, -0.2) is 79.4 Å². The molecule has 1 heterocycles. The number of allylic oxidation sites excluding steroid dienone is 1. The number of nitrogens with two attached hydrogens (primary N) is 1. The predicted molar refractivity (Wildman–Crippen MR) is 136 cm³/mol. The number of aromatic hydroxyl groups is 1. The number of Topliss-reactive ketones (excluding diaryl/α,β-unsaturated/α-hetero) is 2. The van der Waals surface area contributed by atoms with E-state index in [1.54, 1.807) is 0 Å². The van der Waals surface area contributed by atoms with Crippen molar-refractivity contribution >= 4 is 29.1 Å². The zero-order chi connectivity index (χ0) is 29.3. The zero-order valence-corrected chi connectivity index (χ0v) is 21.3. The number of nitrogens with zero attached hydrogens (tertiary/aromatic N) is 2. The van der Waals surface area contributed by atoms with Crippen molar-refractivity contribution in [2.45, 2.75) is 24.5 Å². The Labute approximate surface area is 226 Å². The number of benzene rings is 1. The average molecular weight is 553 g/mol. The average Bonchev–Trinajstić information content (AvgIpc) is 2.89. The van der Waals surface area contributed by atoms with Crippen LogP contribution in [0.4, 0.5) is 10.1 Å². The van der Waals surface area contributed by atoms with Crippen LogP contribution in [0.25, 0.3) is 0 Å². The molecule has 13 heteroatoms. The van der Waals surface area contributed by atoms with Crippen molar-refractivity contribution in [3.05, 3.63) is 75.8 Å². The van der Waals surface area contributed by atoms with Crippen LogP contribution < -0.4 is 11.1 Å². The smallest absolute Gasteiger partial charge is 0.257 e. The van der Waals surface area contributed by atoms with Crippen molar-refractivity contribution in [2.75, 3.05) is 19.4 Å². The first-order chi connectivity index (χ1) is 18.8. The summed E-state index contributed by atoms with van der Waals surface area (Å²) in [5.41, 5.74) is 0.0643. The lowest BCUT2D eigenvalue weighted by molar-refractivity contribution is -0.148. The van der Waals surface area contributed by atoms with Gasteiger partial charge in [-0.2, -0.15) is 0 Å². The highest BCUT2D eigenvalue weighted by Gasteiger charge is 2.63. The summed E-state index contributed by atoms with van der Waals surface area (Å²) in [6.45, 7) is 0. The number of aliphatic hydroxyl groups is 3. The normalized spacial score (nSPS) is 25.9. The highest BCUT2D eigenvalue weighted by atomic mass is 19.1. The molecule has 40 heavy (non-hydrogen) atoms. The monoisotopic (exact) mass is 552 g/mol. The summed E-state index contributed by atoms with van der Waals surface area (Å²) in [7, 11) is 3.01. The van der Waals surface area contributed by atoms with E-state index in [1.807, 2.05) is 0 Å². The van der Waals surface area contributed by atoms with Gasteiger partial charge < -0.3 is 31.5 Å². The Balaban J connectivity index is 1.64. The molecule has 0 saturated carbocycles. The number of nitrogens with one attached hydrogen (secondary N) is 1. The fraction of sp³-hybridized carbons (Fsp3) is 0.296. The molecule has 0 radical (unpaired) electrons. The number of halogens is 1. The lowest BCUT2D eigenvalue weighted by Crippen LogP contribution is -2.63.